The molecule has 1 atom stereocenters. The van der Waals surface area contributed by atoms with E-state index in [2.05, 4.69) is 17.1 Å². The summed E-state index contributed by atoms with van der Waals surface area (Å²) in [4.78, 5) is 19.5. The lowest BCUT2D eigenvalue weighted by Gasteiger charge is -2.32. The number of likely N-dealkylation sites (tertiary alicyclic amines) is 1. The maximum absolute atomic E-state index is 12.8. The second-order valence-corrected chi connectivity index (χ2v) is 10.3. The Morgan fingerprint density at radius 1 is 1.10 bits per heavy atom. The van der Waals surface area contributed by atoms with Crippen LogP contribution in [0.1, 0.15) is 43.4 Å². The number of piperidine rings is 1. The van der Waals surface area contributed by atoms with Crippen molar-refractivity contribution in [1.29, 1.82) is 0 Å². The highest BCUT2D eigenvalue weighted by atomic mass is 32.2. The Labute approximate surface area is 184 Å². The van der Waals surface area contributed by atoms with E-state index >= 15 is 0 Å². The fourth-order valence-corrected chi connectivity index (χ4v) is 5.43. The van der Waals surface area contributed by atoms with Gasteiger partial charge in [0, 0.05) is 42.7 Å². The molecule has 31 heavy (non-hydrogen) atoms. The van der Waals surface area contributed by atoms with Gasteiger partial charge in [-0.15, -0.1) is 0 Å². The van der Waals surface area contributed by atoms with Crippen molar-refractivity contribution < 1.29 is 13.2 Å². The molecule has 1 amide bonds. The first-order valence-electron chi connectivity index (χ1n) is 10.9. The number of nitrogens with zero attached hydrogens (tertiary/aromatic N) is 2. The van der Waals surface area contributed by atoms with E-state index in [9.17, 15) is 13.2 Å². The van der Waals surface area contributed by atoms with Crippen LogP contribution in [0.4, 0.5) is 0 Å². The third-order valence-electron chi connectivity index (χ3n) is 6.12. The molecule has 1 unspecified atom stereocenters. The molecule has 1 aliphatic heterocycles. The maximum atomic E-state index is 12.8. The molecule has 0 spiro atoms. The zero-order valence-corrected chi connectivity index (χ0v) is 18.6. The van der Waals surface area contributed by atoms with Crippen molar-refractivity contribution in [1.82, 2.24) is 9.88 Å². The lowest BCUT2D eigenvalue weighted by Crippen LogP contribution is -2.39. The molecule has 3 aromatic rings. The Kier molecular flexibility index (Phi) is 6.37. The highest BCUT2D eigenvalue weighted by molar-refractivity contribution is 7.91. The summed E-state index contributed by atoms with van der Waals surface area (Å²) in [5, 5.41) is 2.25. The highest BCUT2D eigenvalue weighted by Crippen LogP contribution is 2.28. The quantitative estimate of drug-likeness (QED) is 0.576. The molecule has 2 heterocycles. The van der Waals surface area contributed by atoms with Gasteiger partial charge in [0.25, 0.3) is 0 Å². The Morgan fingerprint density at radius 3 is 2.58 bits per heavy atom. The predicted octanol–water partition coefficient (Wildman–Crippen LogP) is 4.37. The number of aromatic nitrogens is 1. The molecule has 4 rings (SSSR count). The molecule has 162 valence electrons. The minimum absolute atomic E-state index is 0.00965. The van der Waals surface area contributed by atoms with Crippen molar-refractivity contribution in [3.8, 4) is 0 Å². The van der Waals surface area contributed by atoms with Gasteiger partial charge < -0.3 is 4.90 Å². The SMILES string of the molecule is CCc1ccc(S(=O)(=O)CCC(=O)N2CCCC(c3cc4ccccc4cn3)C2)cc1. The molecule has 0 saturated carbocycles. The minimum atomic E-state index is -3.47. The third kappa shape index (κ3) is 4.96. The van der Waals surface area contributed by atoms with Gasteiger partial charge in [-0.1, -0.05) is 43.3 Å². The number of aryl methyl sites for hydroxylation is 1. The summed E-state index contributed by atoms with van der Waals surface area (Å²) in [5.41, 5.74) is 2.09. The van der Waals surface area contributed by atoms with Crippen molar-refractivity contribution >= 4 is 26.5 Å². The molecule has 0 radical (unpaired) electrons. The standard InChI is InChI=1S/C25H28N2O3S/c1-2-19-9-11-23(12-10-19)31(29,30)15-13-25(28)27-14-5-8-22(18-27)24-16-20-6-3-4-7-21(20)17-26-24/h3-4,6-7,9-12,16-17,22H,2,5,8,13-15,18H2,1H3. The average molecular weight is 437 g/mol. The van der Waals surface area contributed by atoms with E-state index in [1.807, 2.05) is 43.5 Å². The lowest BCUT2D eigenvalue weighted by molar-refractivity contribution is -0.132. The summed E-state index contributed by atoms with van der Waals surface area (Å²) < 4.78 is 25.3. The number of fused-ring (bicyclic) bond motifs is 1. The van der Waals surface area contributed by atoms with Crippen molar-refractivity contribution in [3.05, 3.63) is 72.1 Å². The number of hydrogen-bond donors (Lipinski definition) is 0. The second kappa shape index (κ2) is 9.18. The number of rotatable bonds is 6. The Hall–Kier alpha value is -2.73. The number of hydrogen-bond acceptors (Lipinski definition) is 4. The van der Waals surface area contributed by atoms with Gasteiger partial charge in [0.15, 0.2) is 9.84 Å². The summed E-state index contributed by atoms with van der Waals surface area (Å²) in [6.07, 6.45) is 4.64. The smallest absolute Gasteiger partial charge is 0.223 e. The summed E-state index contributed by atoms with van der Waals surface area (Å²) in [6.45, 7) is 3.30. The Balaban J connectivity index is 1.40. The van der Waals surface area contributed by atoms with Gasteiger partial charge in [0.1, 0.15) is 0 Å². The highest BCUT2D eigenvalue weighted by Gasteiger charge is 2.27. The van der Waals surface area contributed by atoms with E-state index in [1.165, 1.54) is 0 Å². The van der Waals surface area contributed by atoms with Gasteiger partial charge >= 0.3 is 0 Å². The zero-order valence-electron chi connectivity index (χ0n) is 17.8. The molecular weight excluding hydrogens is 408 g/mol. The lowest BCUT2D eigenvalue weighted by atomic mass is 9.93. The van der Waals surface area contributed by atoms with Crippen LogP contribution in [0, 0.1) is 0 Å². The summed E-state index contributed by atoms with van der Waals surface area (Å²) in [6, 6.07) is 17.2. The molecule has 0 bridgehead atoms. The number of amides is 1. The third-order valence-corrected chi connectivity index (χ3v) is 7.85. The number of carbonyl (C=O) groups excluding carboxylic acids is 1. The molecule has 1 fully saturated rings. The van der Waals surface area contributed by atoms with Crippen LogP contribution in [0.5, 0.6) is 0 Å². The van der Waals surface area contributed by atoms with Crippen LogP contribution in [0.25, 0.3) is 10.8 Å². The van der Waals surface area contributed by atoms with Crippen LogP contribution in [-0.4, -0.2) is 43.1 Å². The molecule has 0 aliphatic carbocycles. The number of pyridine rings is 1. The molecule has 1 aromatic heterocycles. The minimum Gasteiger partial charge on any atom is -0.342 e. The van der Waals surface area contributed by atoms with Gasteiger partial charge in [-0.2, -0.15) is 0 Å². The molecule has 1 aliphatic rings. The van der Waals surface area contributed by atoms with Crippen LogP contribution in [0.15, 0.2) is 65.7 Å². The fraction of sp³-hybridized carbons (Fsp3) is 0.360. The van der Waals surface area contributed by atoms with E-state index in [4.69, 9.17) is 0 Å². The van der Waals surface area contributed by atoms with Crippen LogP contribution < -0.4 is 0 Å². The Bertz CT molecular complexity index is 1170. The summed E-state index contributed by atoms with van der Waals surface area (Å²) in [5.74, 6) is -0.0769. The van der Waals surface area contributed by atoms with Crippen molar-refractivity contribution in [2.24, 2.45) is 0 Å². The molecule has 2 aromatic carbocycles. The maximum Gasteiger partial charge on any atom is 0.223 e. The largest absolute Gasteiger partial charge is 0.342 e. The van der Waals surface area contributed by atoms with Gasteiger partial charge in [-0.25, -0.2) is 8.42 Å². The van der Waals surface area contributed by atoms with Crippen molar-refractivity contribution in [3.63, 3.8) is 0 Å². The number of sulfone groups is 1. The van der Waals surface area contributed by atoms with E-state index in [0.29, 0.717) is 13.1 Å². The zero-order chi connectivity index (χ0) is 21.8. The molecule has 6 heteroatoms. The molecule has 0 N–H and O–H groups in total. The predicted molar refractivity (Wildman–Crippen MR) is 123 cm³/mol. The molecular formula is C25H28N2O3S. The monoisotopic (exact) mass is 436 g/mol. The average Bonchev–Trinajstić information content (AvgIpc) is 2.82. The normalized spacial score (nSPS) is 17.1. The molecule has 1 saturated heterocycles. The first-order valence-corrected chi connectivity index (χ1v) is 12.6. The van der Waals surface area contributed by atoms with Crippen LogP contribution >= 0.6 is 0 Å². The van der Waals surface area contributed by atoms with Gasteiger partial charge in [-0.05, 0) is 48.4 Å². The van der Waals surface area contributed by atoms with Gasteiger partial charge in [0.2, 0.25) is 5.91 Å². The van der Waals surface area contributed by atoms with Gasteiger partial charge in [-0.3, -0.25) is 9.78 Å². The Morgan fingerprint density at radius 2 is 1.84 bits per heavy atom. The number of carbonyl (C=O) groups is 1. The van der Waals surface area contributed by atoms with Crippen molar-refractivity contribution in [2.45, 2.75) is 43.4 Å². The second-order valence-electron chi connectivity index (χ2n) is 8.20. The first kappa shape index (κ1) is 21.5. The number of benzene rings is 2. The first-order chi connectivity index (χ1) is 15.0. The molecule has 5 nitrogen and oxygen atoms in total. The van der Waals surface area contributed by atoms with Crippen LogP contribution in [-0.2, 0) is 21.1 Å². The van der Waals surface area contributed by atoms with Crippen LogP contribution in [0.3, 0.4) is 0 Å². The van der Waals surface area contributed by atoms with Crippen molar-refractivity contribution in [2.75, 3.05) is 18.8 Å². The summed E-state index contributed by atoms with van der Waals surface area (Å²) in [7, 11) is -3.47. The van der Waals surface area contributed by atoms with E-state index in [0.717, 1.165) is 41.3 Å². The van der Waals surface area contributed by atoms with E-state index in [1.54, 1.807) is 17.0 Å². The van der Waals surface area contributed by atoms with E-state index < -0.39 is 9.84 Å². The topological polar surface area (TPSA) is 67.3 Å². The van der Waals surface area contributed by atoms with Gasteiger partial charge in [0.05, 0.1) is 10.6 Å². The van der Waals surface area contributed by atoms with E-state index in [-0.39, 0.29) is 28.9 Å². The summed E-state index contributed by atoms with van der Waals surface area (Å²) >= 11 is 0. The fourth-order valence-electron chi connectivity index (χ4n) is 4.20. The van der Waals surface area contributed by atoms with Crippen LogP contribution in [0.2, 0.25) is 0 Å².